The van der Waals surface area contributed by atoms with Crippen LogP contribution in [0, 0.1) is 0 Å². The van der Waals surface area contributed by atoms with E-state index in [1.807, 2.05) is 0 Å². The Balaban J connectivity index is 2.61. The SMILES string of the molecule is O=c1nc(-c2ncnc(C(F)(F)F)c2Br)[nH]o1. The van der Waals surface area contributed by atoms with E-state index in [9.17, 15) is 18.0 Å². The molecule has 0 atom stereocenters. The number of nitrogens with one attached hydrogen (secondary N) is 1. The van der Waals surface area contributed by atoms with Crippen molar-refractivity contribution in [2.75, 3.05) is 0 Å². The predicted octanol–water partition coefficient (Wildman–Crippen LogP) is 1.60. The van der Waals surface area contributed by atoms with Crippen molar-refractivity contribution in [2.45, 2.75) is 6.18 Å². The van der Waals surface area contributed by atoms with Crippen LogP contribution in [-0.2, 0) is 6.18 Å². The molecule has 2 heterocycles. The number of halogens is 4. The third-order valence-corrected chi connectivity index (χ3v) is 2.47. The molecule has 10 heteroatoms. The van der Waals surface area contributed by atoms with Crippen molar-refractivity contribution in [1.82, 2.24) is 20.1 Å². The Morgan fingerprint density at radius 2 is 2.06 bits per heavy atom. The maximum Gasteiger partial charge on any atom is 0.460 e. The minimum Gasteiger partial charge on any atom is -0.321 e. The normalized spacial score (nSPS) is 11.8. The minimum atomic E-state index is -4.64. The highest BCUT2D eigenvalue weighted by Crippen LogP contribution is 2.36. The fraction of sp³-hybridized carbons (Fsp3) is 0.143. The minimum absolute atomic E-state index is 0.210. The first-order valence-electron chi connectivity index (χ1n) is 4.03. The van der Waals surface area contributed by atoms with Gasteiger partial charge in [0.2, 0.25) is 0 Å². The van der Waals surface area contributed by atoms with Crippen LogP contribution >= 0.6 is 15.9 Å². The average molecular weight is 311 g/mol. The van der Waals surface area contributed by atoms with E-state index in [4.69, 9.17) is 0 Å². The number of H-pyrrole nitrogens is 1. The van der Waals surface area contributed by atoms with Crippen LogP contribution in [0.4, 0.5) is 13.2 Å². The number of rotatable bonds is 1. The molecule has 0 unspecified atom stereocenters. The van der Waals surface area contributed by atoms with Crippen LogP contribution in [0.5, 0.6) is 0 Å². The summed E-state index contributed by atoms with van der Waals surface area (Å²) in [6, 6.07) is 0. The highest BCUT2D eigenvalue weighted by molar-refractivity contribution is 9.10. The molecule has 2 rings (SSSR count). The maximum atomic E-state index is 12.5. The average Bonchev–Trinajstić information content (AvgIpc) is 2.63. The molecule has 0 bridgehead atoms. The molecule has 90 valence electrons. The van der Waals surface area contributed by atoms with Crippen molar-refractivity contribution in [2.24, 2.45) is 0 Å². The summed E-state index contributed by atoms with van der Waals surface area (Å²) in [5.41, 5.74) is -1.37. The van der Waals surface area contributed by atoms with Gasteiger partial charge < -0.3 is 4.52 Å². The third kappa shape index (κ3) is 2.20. The van der Waals surface area contributed by atoms with Gasteiger partial charge in [-0.1, -0.05) is 0 Å². The van der Waals surface area contributed by atoms with Gasteiger partial charge >= 0.3 is 11.9 Å². The van der Waals surface area contributed by atoms with Gasteiger partial charge in [0.25, 0.3) is 0 Å². The second-order valence-electron chi connectivity index (χ2n) is 2.81. The quantitative estimate of drug-likeness (QED) is 0.865. The molecule has 0 radical (unpaired) electrons. The first-order chi connectivity index (χ1) is 7.89. The molecule has 17 heavy (non-hydrogen) atoms. The Bertz CT molecular complexity index is 606. The van der Waals surface area contributed by atoms with Gasteiger partial charge in [0.15, 0.2) is 11.5 Å². The molecule has 2 aromatic heterocycles. The molecule has 0 aliphatic heterocycles. The molecule has 0 spiro atoms. The number of alkyl halides is 3. The molecule has 0 aromatic carbocycles. The van der Waals surface area contributed by atoms with Crippen LogP contribution in [0.15, 0.2) is 20.1 Å². The van der Waals surface area contributed by atoms with Crippen molar-refractivity contribution in [3.05, 3.63) is 27.0 Å². The summed E-state index contributed by atoms with van der Waals surface area (Å²) < 4.78 is 41.4. The summed E-state index contributed by atoms with van der Waals surface area (Å²) in [5.74, 6) is -1.17. The van der Waals surface area contributed by atoms with Gasteiger partial charge in [0.1, 0.15) is 12.0 Å². The van der Waals surface area contributed by atoms with E-state index in [2.05, 4.69) is 40.6 Å². The smallest absolute Gasteiger partial charge is 0.321 e. The molecule has 0 amide bonds. The zero-order valence-corrected chi connectivity index (χ0v) is 9.33. The third-order valence-electron chi connectivity index (χ3n) is 1.72. The number of hydrogen-bond acceptors (Lipinski definition) is 5. The predicted molar refractivity (Wildman–Crippen MR) is 50.9 cm³/mol. The summed E-state index contributed by atoms with van der Waals surface area (Å²) in [6.45, 7) is 0. The van der Waals surface area contributed by atoms with Crippen molar-refractivity contribution in [3.8, 4) is 11.5 Å². The topological polar surface area (TPSA) is 84.7 Å². The number of aromatic nitrogens is 4. The van der Waals surface area contributed by atoms with E-state index < -0.39 is 22.1 Å². The van der Waals surface area contributed by atoms with Crippen LogP contribution in [0.2, 0.25) is 0 Å². The lowest BCUT2D eigenvalue weighted by Crippen LogP contribution is -2.10. The Morgan fingerprint density at radius 3 is 2.59 bits per heavy atom. The highest BCUT2D eigenvalue weighted by Gasteiger charge is 2.36. The monoisotopic (exact) mass is 310 g/mol. The van der Waals surface area contributed by atoms with E-state index in [0.717, 1.165) is 6.33 Å². The van der Waals surface area contributed by atoms with Gasteiger partial charge in [-0.3, -0.25) is 0 Å². The van der Waals surface area contributed by atoms with Gasteiger partial charge in [-0.2, -0.15) is 23.3 Å². The standard InChI is InChI=1S/C7H2BrF3N4O2/c8-2-3(5-14-6(16)17-15-5)12-1-13-4(2)7(9,10)11/h1H,(H,14,15,16). The molecule has 6 nitrogen and oxygen atoms in total. The van der Waals surface area contributed by atoms with Crippen LogP contribution in [-0.4, -0.2) is 20.1 Å². The first kappa shape index (κ1) is 11.8. The Hall–Kier alpha value is -1.71. The Labute approximate surface area is 99.0 Å². The van der Waals surface area contributed by atoms with E-state index in [-0.39, 0.29) is 11.5 Å². The lowest BCUT2D eigenvalue weighted by Gasteiger charge is -2.08. The van der Waals surface area contributed by atoms with Crippen molar-refractivity contribution >= 4 is 15.9 Å². The Morgan fingerprint density at radius 1 is 1.35 bits per heavy atom. The fourth-order valence-corrected chi connectivity index (χ4v) is 1.68. The fourth-order valence-electron chi connectivity index (χ4n) is 1.06. The first-order valence-corrected chi connectivity index (χ1v) is 4.82. The van der Waals surface area contributed by atoms with Gasteiger partial charge in [-0.25, -0.2) is 14.8 Å². The summed E-state index contributed by atoms with van der Waals surface area (Å²) >= 11 is 2.71. The molecule has 2 aromatic rings. The molecular weight excluding hydrogens is 309 g/mol. The molecule has 0 aliphatic carbocycles. The molecule has 0 fully saturated rings. The maximum absolute atomic E-state index is 12.5. The zero-order valence-electron chi connectivity index (χ0n) is 7.75. The zero-order chi connectivity index (χ0) is 12.6. The van der Waals surface area contributed by atoms with Gasteiger partial charge in [-0.15, -0.1) is 0 Å². The number of aromatic amines is 1. The molecule has 0 saturated heterocycles. The molecule has 0 aliphatic rings. The van der Waals surface area contributed by atoms with Crippen LogP contribution in [0.1, 0.15) is 5.69 Å². The summed E-state index contributed by atoms with van der Waals surface area (Å²) in [6.07, 6.45) is -3.92. The second kappa shape index (κ2) is 3.95. The van der Waals surface area contributed by atoms with Crippen molar-refractivity contribution in [1.29, 1.82) is 0 Å². The molecule has 0 saturated carbocycles. The van der Waals surface area contributed by atoms with Crippen LogP contribution < -0.4 is 5.76 Å². The van der Waals surface area contributed by atoms with Crippen LogP contribution in [0.25, 0.3) is 11.5 Å². The summed E-state index contributed by atoms with van der Waals surface area (Å²) in [5, 5.41) is 2.05. The second-order valence-corrected chi connectivity index (χ2v) is 3.61. The van der Waals surface area contributed by atoms with Gasteiger partial charge in [0, 0.05) is 0 Å². The highest BCUT2D eigenvalue weighted by atomic mass is 79.9. The van der Waals surface area contributed by atoms with E-state index in [0.29, 0.717) is 0 Å². The summed E-state index contributed by atoms with van der Waals surface area (Å²) in [4.78, 5) is 20.7. The lowest BCUT2D eigenvalue weighted by atomic mass is 10.3. The van der Waals surface area contributed by atoms with E-state index >= 15 is 0 Å². The number of nitrogens with zero attached hydrogens (tertiary/aromatic N) is 3. The van der Waals surface area contributed by atoms with Crippen LogP contribution in [0.3, 0.4) is 0 Å². The van der Waals surface area contributed by atoms with Gasteiger partial charge in [-0.05, 0) is 15.9 Å². The largest absolute Gasteiger partial charge is 0.460 e. The van der Waals surface area contributed by atoms with Gasteiger partial charge in [0.05, 0.1) is 4.47 Å². The Kier molecular flexibility index (Phi) is 2.73. The molecular formula is C7H2BrF3N4O2. The lowest BCUT2D eigenvalue weighted by molar-refractivity contribution is -0.141. The van der Waals surface area contributed by atoms with E-state index in [1.54, 1.807) is 0 Å². The molecule has 1 N–H and O–H groups in total. The number of hydrogen-bond donors (Lipinski definition) is 1. The summed E-state index contributed by atoms with van der Waals surface area (Å²) in [7, 11) is 0. The van der Waals surface area contributed by atoms with Crippen molar-refractivity contribution < 1.29 is 17.7 Å². The van der Waals surface area contributed by atoms with E-state index in [1.165, 1.54) is 0 Å². The van der Waals surface area contributed by atoms with Crippen molar-refractivity contribution in [3.63, 3.8) is 0 Å².